The minimum Gasteiger partial charge on any atom is -0.343 e. The summed E-state index contributed by atoms with van der Waals surface area (Å²) in [6.45, 7) is 3.80. The Morgan fingerprint density at radius 2 is 1.81 bits per heavy atom. The van der Waals surface area contributed by atoms with Crippen LogP contribution in [0.5, 0.6) is 0 Å². The van der Waals surface area contributed by atoms with Crippen molar-refractivity contribution in [2.75, 3.05) is 32.7 Å². The van der Waals surface area contributed by atoms with Crippen molar-refractivity contribution in [3.05, 3.63) is 65.7 Å². The summed E-state index contributed by atoms with van der Waals surface area (Å²) in [5, 5.41) is 2.50. The minimum absolute atomic E-state index is 0.0492. The van der Waals surface area contributed by atoms with E-state index in [1.54, 1.807) is 23.4 Å². The molecule has 1 saturated heterocycles. The number of rotatable bonds is 5. The van der Waals surface area contributed by atoms with Gasteiger partial charge < -0.3 is 15.1 Å². The summed E-state index contributed by atoms with van der Waals surface area (Å²) >= 11 is 0. The maximum atomic E-state index is 13.6. The number of pyridine rings is 1. The standard InChI is InChI=1S/C19H21FN4O2/c20-17-4-2-1-3-16(17)19(26)22-13-18(25)24-11-9-23(10-12-24)14-15-5-7-21-8-6-15/h1-8H,9-14H2,(H,22,26)/p+1. The summed E-state index contributed by atoms with van der Waals surface area (Å²) in [6, 6.07) is 9.74. The number of quaternary nitrogens is 1. The Morgan fingerprint density at radius 1 is 1.12 bits per heavy atom. The van der Waals surface area contributed by atoms with Crippen molar-refractivity contribution in [1.29, 1.82) is 0 Å². The normalized spacial score (nSPS) is 14.9. The lowest BCUT2D eigenvalue weighted by Crippen LogP contribution is -3.13. The lowest BCUT2D eigenvalue weighted by molar-refractivity contribution is -0.917. The van der Waals surface area contributed by atoms with Crippen molar-refractivity contribution in [2.45, 2.75) is 6.54 Å². The Bertz CT molecular complexity index is 761. The predicted octanol–water partition coefficient (Wildman–Crippen LogP) is -0.122. The lowest BCUT2D eigenvalue weighted by atomic mass is 10.2. The average Bonchev–Trinajstić information content (AvgIpc) is 2.67. The molecule has 0 saturated carbocycles. The van der Waals surface area contributed by atoms with Crippen LogP contribution in [0.2, 0.25) is 0 Å². The summed E-state index contributed by atoms with van der Waals surface area (Å²) in [5.41, 5.74) is 1.18. The van der Waals surface area contributed by atoms with Gasteiger partial charge in [-0.05, 0) is 24.3 Å². The molecule has 2 amide bonds. The Balaban J connectivity index is 1.44. The van der Waals surface area contributed by atoms with Gasteiger partial charge in [0.15, 0.2) is 0 Å². The van der Waals surface area contributed by atoms with Gasteiger partial charge in [0, 0.05) is 18.0 Å². The molecule has 136 valence electrons. The van der Waals surface area contributed by atoms with E-state index in [1.165, 1.54) is 28.7 Å². The largest absolute Gasteiger partial charge is 0.343 e. The van der Waals surface area contributed by atoms with Gasteiger partial charge in [0.1, 0.15) is 12.4 Å². The van der Waals surface area contributed by atoms with E-state index in [1.807, 2.05) is 12.1 Å². The molecular formula is C19H22FN4O2+. The third-order valence-corrected chi connectivity index (χ3v) is 4.55. The maximum Gasteiger partial charge on any atom is 0.254 e. The molecule has 2 N–H and O–H groups in total. The van der Waals surface area contributed by atoms with Crippen molar-refractivity contribution in [3.63, 3.8) is 0 Å². The highest BCUT2D eigenvalue weighted by atomic mass is 19.1. The number of halogens is 1. The second-order valence-electron chi connectivity index (χ2n) is 6.33. The monoisotopic (exact) mass is 357 g/mol. The number of nitrogens with one attached hydrogen (secondary N) is 2. The highest BCUT2D eigenvalue weighted by molar-refractivity contribution is 5.96. The predicted molar refractivity (Wildman–Crippen MR) is 94.0 cm³/mol. The van der Waals surface area contributed by atoms with E-state index in [2.05, 4.69) is 10.3 Å². The SMILES string of the molecule is O=C(NCC(=O)N1CC[NH+](Cc2ccncc2)CC1)c1ccccc1F. The van der Waals surface area contributed by atoms with Crippen LogP contribution in [-0.2, 0) is 11.3 Å². The number of piperazine rings is 1. The van der Waals surface area contributed by atoms with E-state index in [4.69, 9.17) is 0 Å². The Labute approximate surface area is 151 Å². The molecule has 1 fully saturated rings. The number of nitrogens with zero attached hydrogens (tertiary/aromatic N) is 2. The van der Waals surface area contributed by atoms with Crippen LogP contribution in [0.25, 0.3) is 0 Å². The van der Waals surface area contributed by atoms with Gasteiger partial charge in [-0.1, -0.05) is 12.1 Å². The zero-order valence-corrected chi connectivity index (χ0v) is 14.5. The van der Waals surface area contributed by atoms with Crippen molar-refractivity contribution >= 4 is 11.8 Å². The van der Waals surface area contributed by atoms with Gasteiger partial charge in [0.05, 0.1) is 38.3 Å². The number of hydrogen-bond donors (Lipinski definition) is 2. The number of hydrogen-bond acceptors (Lipinski definition) is 3. The Kier molecular flexibility index (Phi) is 5.91. The number of benzene rings is 1. The maximum absolute atomic E-state index is 13.6. The first-order valence-electron chi connectivity index (χ1n) is 8.66. The molecule has 6 nitrogen and oxygen atoms in total. The molecule has 7 heteroatoms. The molecule has 1 aliphatic heterocycles. The zero-order chi connectivity index (χ0) is 18.4. The zero-order valence-electron chi connectivity index (χ0n) is 14.5. The topological polar surface area (TPSA) is 66.7 Å². The van der Waals surface area contributed by atoms with Crippen LogP contribution in [0.15, 0.2) is 48.8 Å². The van der Waals surface area contributed by atoms with Gasteiger partial charge in [-0.25, -0.2) is 4.39 Å². The van der Waals surface area contributed by atoms with Crippen LogP contribution < -0.4 is 10.2 Å². The molecule has 1 aromatic heterocycles. The van der Waals surface area contributed by atoms with Crippen LogP contribution >= 0.6 is 0 Å². The van der Waals surface area contributed by atoms with Crippen molar-refractivity contribution in [3.8, 4) is 0 Å². The summed E-state index contributed by atoms with van der Waals surface area (Å²) in [7, 11) is 0. The fraction of sp³-hybridized carbons (Fsp3) is 0.316. The molecule has 2 heterocycles. The van der Waals surface area contributed by atoms with E-state index in [-0.39, 0.29) is 18.0 Å². The molecule has 0 bridgehead atoms. The number of carbonyl (C=O) groups is 2. The smallest absolute Gasteiger partial charge is 0.254 e. The molecule has 3 rings (SSSR count). The molecule has 0 aliphatic carbocycles. The van der Waals surface area contributed by atoms with Crippen LogP contribution in [0, 0.1) is 5.82 Å². The molecule has 0 unspecified atom stereocenters. The molecule has 0 atom stereocenters. The summed E-state index contributed by atoms with van der Waals surface area (Å²) in [5.74, 6) is -1.30. The van der Waals surface area contributed by atoms with E-state index in [9.17, 15) is 14.0 Å². The molecule has 0 radical (unpaired) electrons. The number of amides is 2. The quantitative estimate of drug-likeness (QED) is 0.784. The molecule has 1 aliphatic rings. The van der Waals surface area contributed by atoms with Gasteiger partial charge in [-0.3, -0.25) is 14.6 Å². The summed E-state index contributed by atoms with van der Waals surface area (Å²) < 4.78 is 13.6. The lowest BCUT2D eigenvalue weighted by Gasteiger charge is -2.32. The van der Waals surface area contributed by atoms with Crippen LogP contribution in [0.1, 0.15) is 15.9 Å². The first-order valence-corrected chi connectivity index (χ1v) is 8.66. The van der Waals surface area contributed by atoms with Crippen molar-refractivity contribution in [2.24, 2.45) is 0 Å². The minimum atomic E-state index is -0.592. The van der Waals surface area contributed by atoms with Gasteiger partial charge in [-0.2, -0.15) is 0 Å². The van der Waals surface area contributed by atoms with E-state index in [0.717, 1.165) is 19.6 Å². The summed E-state index contributed by atoms with van der Waals surface area (Å²) in [6.07, 6.45) is 3.57. The average molecular weight is 357 g/mol. The first kappa shape index (κ1) is 18.0. The van der Waals surface area contributed by atoms with Gasteiger partial charge >= 0.3 is 0 Å². The van der Waals surface area contributed by atoms with E-state index < -0.39 is 11.7 Å². The third kappa shape index (κ3) is 4.64. The van der Waals surface area contributed by atoms with Crippen molar-refractivity contribution in [1.82, 2.24) is 15.2 Å². The van der Waals surface area contributed by atoms with Crippen LogP contribution in [-0.4, -0.2) is 54.4 Å². The fourth-order valence-corrected chi connectivity index (χ4v) is 3.05. The second-order valence-corrected chi connectivity index (χ2v) is 6.33. The van der Waals surface area contributed by atoms with E-state index >= 15 is 0 Å². The van der Waals surface area contributed by atoms with Gasteiger partial charge in [-0.15, -0.1) is 0 Å². The number of carbonyl (C=O) groups excluding carboxylic acids is 2. The molecular weight excluding hydrogens is 335 g/mol. The van der Waals surface area contributed by atoms with Gasteiger partial charge in [0.25, 0.3) is 5.91 Å². The first-order chi connectivity index (χ1) is 12.6. The molecule has 0 spiro atoms. The third-order valence-electron chi connectivity index (χ3n) is 4.55. The van der Waals surface area contributed by atoms with Crippen molar-refractivity contribution < 1.29 is 18.9 Å². The van der Waals surface area contributed by atoms with E-state index in [0.29, 0.717) is 13.1 Å². The Morgan fingerprint density at radius 3 is 2.50 bits per heavy atom. The fourth-order valence-electron chi connectivity index (χ4n) is 3.05. The summed E-state index contributed by atoms with van der Waals surface area (Å²) in [4.78, 5) is 31.4. The highest BCUT2D eigenvalue weighted by Crippen LogP contribution is 2.05. The second kappa shape index (κ2) is 8.53. The molecule has 2 aromatic rings. The molecule has 1 aromatic carbocycles. The molecule has 26 heavy (non-hydrogen) atoms. The number of aromatic nitrogens is 1. The van der Waals surface area contributed by atoms with Crippen LogP contribution in [0.3, 0.4) is 0 Å². The highest BCUT2D eigenvalue weighted by Gasteiger charge is 2.24. The van der Waals surface area contributed by atoms with Gasteiger partial charge in [0.2, 0.25) is 5.91 Å². The Hall–Kier alpha value is -2.80. The van der Waals surface area contributed by atoms with Crippen LogP contribution in [0.4, 0.5) is 4.39 Å².